The van der Waals surface area contributed by atoms with Crippen LogP contribution in [0.4, 0.5) is 5.69 Å². The van der Waals surface area contributed by atoms with Crippen molar-refractivity contribution in [3.63, 3.8) is 0 Å². The fourth-order valence-corrected chi connectivity index (χ4v) is 7.99. The molecular formula is C29H32ClN3O4. The quantitative estimate of drug-likeness (QED) is 0.505. The number of amides is 2. The number of anilines is 1. The summed E-state index contributed by atoms with van der Waals surface area (Å²) in [4.78, 5) is 27.3. The van der Waals surface area contributed by atoms with Gasteiger partial charge in [-0.2, -0.15) is 0 Å². The molecular weight excluding hydrogens is 490 g/mol. The second kappa shape index (κ2) is 8.19. The van der Waals surface area contributed by atoms with Crippen molar-refractivity contribution in [2.45, 2.75) is 74.7 Å². The monoisotopic (exact) mass is 521 g/mol. The van der Waals surface area contributed by atoms with Crippen LogP contribution in [0.25, 0.3) is 0 Å². The van der Waals surface area contributed by atoms with Crippen LogP contribution in [0.15, 0.2) is 30.3 Å². The van der Waals surface area contributed by atoms with Crippen molar-refractivity contribution in [3.05, 3.63) is 57.6 Å². The number of carbonyl (C=O) groups is 2. The Balaban J connectivity index is 1.30. The van der Waals surface area contributed by atoms with Gasteiger partial charge in [-0.3, -0.25) is 14.5 Å². The molecule has 2 heterocycles. The standard InChI is InChI=1S/C29H32ClN3O4/c1-16-2-5-19(12-20(16)30)27(35)32-22-8-9-29(36)23-13-18-6-7-21(31-15-34)25-24(18)28(29,26(22)37-25)10-11-33(23)14-17-3-4-17/h2,5-7,12,15,17,22-23,26,36H,3-4,8-11,13-14H2,1H3,(H,31,34)(H,32,35)/t22?,23-,26?,28+,29-/m1/s1. The zero-order valence-electron chi connectivity index (χ0n) is 20.9. The summed E-state index contributed by atoms with van der Waals surface area (Å²) in [6, 6.07) is 9.06. The zero-order chi connectivity index (χ0) is 25.5. The highest BCUT2D eigenvalue weighted by Gasteiger charge is 2.73. The maximum atomic E-state index is 13.3. The molecule has 37 heavy (non-hydrogen) atoms. The van der Waals surface area contributed by atoms with Crippen molar-refractivity contribution in [1.82, 2.24) is 10.2 Å². The van der Waals surface area contributed by atoms with Gasteiger partial charge in [-0.05, 0) is 87.2 Å². The van der Waals surface area contributed by atoms with Gasteiger partial charge in [-0.15, -0.1) is 0 Å². The van der Waals surface area contributed by atoms with Gasteiger partial charge >= 0.3 is 0 Å². The van der Waals surface area contributed by atoms with E-state index in [0.29, 0.717) is 41.3 Å². The molecule has 194 valence electrons. The topological polar surface area (TPSA) is 90.9 Å². The van der Waals surface area contributed by atoms with Crippen molar-refractivity contribution in [2.24, 2.45) is 5.92 Å². The van der Waals surface area contributed by atoms with Gasteiger partial charge in [0.2, 0.25) is 6.41 Å². The molecule has 2 amide bonds. The third kappa shape index (κ3) is 3.26. The van der Waals surface area contributed by atoms with Crippen molar-refractivity contribution < 1.29 is 19.4 Å². The van der Waals surface area contributed by atoms with Crippen molar-refractivity contribution in [1.29, 1.82) is 0 Å². The maximum Gasteiger partial charge on any atom is 0.251 e. The number of carbonyl (C=O) groups excluding carboxylic acids is 2. The molecule has 3 N–H and O–H groups in total. The third-order valence-corrected chi connectivity index (χ3v) is 10.2. The molecule has 2 saturated carbocycles. The number of ether oxygens (including phenoxy) is 1. The lowest BCUT2D eigenvalue weighted by atomic mass is 9.48. The summed E-state index contributed by atoms with van der Waals surface area (Å²) < 4.78 is 6.71. The highest BCUT2D eigenvalue weighted by Crippen LogP contribution is 2.65. The molecule has 2 bridgehead atoms. The van der Waals surface area contributed by atoms with E-state index in [0.717, 1.165) is 43.0 Å². The van der Waals surface area contributed by atoms with E-state index < -0.39 is 17.1 Å². The van der Waals surface area contributed by atoms with Crippen LogP contribution in [0.3, 0.4) is 0 Å². The Morgan fingerprint density at radius 1 is 1.24 bits per heavy atom. The van der Waals surface area contributed by atoms with E-state index in [4.69, 9.17) is 16.3 Å². The molecule has 1 spiro atoms. The number of aryl methyl sites for hydroxylation is 1. The summed E-state index contributed by atoms with van der Waals surface area (Å²) in [5, 5.41) is 19.2. The molecule has 8 heteroatoms. The van der Waals surface area contributed by atoms with E-state index in [1.54, 1.807) is 12.1 Å². The number of halogens is 1. The molecule has 2 unspecified atom stereocenters. The predicted molar refractivity (Wildman–Crippen MR) is 140 cm³/mol. The Bertz CT molecular complexity index is 1310. The summed E-state index contributed by atoms with van der Waals surface area (Å²) in [7, 11) is 0. The van der Waals surface area contributed by atoms with Crippen molar-refractivity contribution in [3.8, 4) is 5.75 Å². The Morgan fingerprint density at radius 3 is 2.84 bits per heavy atom. The maximum absolute atomic E-state index is 13.3. The largest absolute Gasteiger partial charge is 0.485 e. The van der Waals surface area contributed by atoms with Crippen molar-refractivity contribution in [2.75, 3.05) is 18.4 Å². The van der Waals surface area contributed by atoms with Crippen LogP contribution >= 0.6 is 11.6 Å². The van der Waals surface area contributed by atoms with E-state index in [9.17, 15) is 14.7 Å². The summed E-state index contributed by atoms with van der Waals surface area (Å²) in [5.74, 6) is 1.20. The molecule has 3 fully saturated rings. The molecule has 2 aliphatic heterocycles. The molecule has 2 aromatic rings. The molecule has 7 nitrogen and oxygen atoms in total. The Kier molecular flexibility index (Phi) is 5.20. The Hall–Kier alpha value is -2.61. The van der Waals surface area contributed by atoms with E-state index in [-0.39, 0.29) is 18.0 Å². The van der Waals surface area contributed by atoms with Crippen LogP contribution in [0.1, 0.15) is 59.2 Å². The van der Waals surface area contributed by atoms with Crippen molar-refractivity contribution >= 4 is 29.6 Å². The minimum atomic E-state index is -0.961. The number of nitrogens with one attached hydrogen (secondary N) is 2. The highest BCUT2D eigenvalue weighted by atomic mass is 35.5. The number of aliphatic hydroxyl groups is 1. The number of hydrogen-bond donors (Lipinski definition) is 3. The average molecular weight is 522 g/mol. The molecule has 1 saturated heterocycles. The predicted octanol–water partition coefficient (Wildman–Crippen LogP) is 3.58. The second-order valence-corrected chi connectivity index (χ2v) is 12.1. The molecule has 0 radical (unpaired) electrons. The number of nitrogens with zero attached hydrogens (tertiary/aromatic N) is 1. The first-order valence-corrected chi connectivity index (χ1v) is 13.8. The fraction of sp³-hybridized carbons (Fsp3) is 0.517. The van der Waals surface area contributed by atoms with Crippen LogP contribution in [0, 0.1) is 12.8 Å². The molecule has 5 aliphatic rings. The SMILES string of the molecule is Cc1ccc(C(=O)NC2CC[C@@]3(O)[C@H]4Cc5ccc(NC=O)c6c5[C@@]3(CCN4CC3CC3)C2O6)cc1Cl. The summed E-state index contributed by atoms with van der Waals surface area (Å²) >= 11 is 6.30. The lowest BCUT2D eigenvalue weighted by Crippen LogP contribution is -2.78. The minimum absolute atomic E-state index is 0.0174. The van der Waals surface area contributed by atoms with E-state index in [1.165, 1.54) is 18.4 Å². The average Bonchev–Trinajstić information content (AvgIpc) is 3.62. The van der Waals surface area contributed by atoms with Crippen LogP contribution in [0.2, 0.25) is 5.02 Å². The van der Waals surface area contributed by atoms with Gasteiger partial charge in [0.15, 0.2) is 0 Å². The first-order valence-electron chi connectivity index (χ1n) is 13.4. The number of likely N-dealkylation sites (tertiary alicyclic amines) is 1. The molecule has 0 aromatic heterocycles. The summed E-state index contributed by atoms with van der Waals surface area (Å²) in [6.07, 6.45) is 5.51. The van der Waals surface area contributed by atoms with E-state index in [2.05, 4.69) is 21.6 Å². The lowest BCUT2D eigenvalue weighted by molar-refractivity contribution is -0.191. The zero-order valence-corrected chi connectivity index (χ0v) is 21.7. The van der Waals surface area contributed by atoms with Crippen LogP contribution < -0.4 is 15.4 Å². The number of benzene rings is 2. The lowest BCUT2D eigenvalue weighted by Gasteiger charge is -2.64. The van der Waals surface area contributed by atoms with Crippen LogP contribution in [0.5, 0.6) is 5.75 Å². The van der Waals surface area contributed by atoms with Gasteiger partial charge in [0.05, 0.1) is 22.7 Å². The fourth-order valence-electron chi connectivity index (χ4n) is 7.81. The number of rotatable bonds is 6. The first-order chi connectivity index (χ1) is 17.9. The number of hydrogen-bond acceptors (Lipinski definition) is 5. The Morgan fingerprint density at radius 2 is 2.08 bits per heavy atom. The Labute approximate surface area is 221 Å². The van der Waals surface area contributed by atoms with E-state index in [1.807, 2.05) is 19.1 Å². The normalized spacial score (nSPS) is 33.3. The minimum Gasteiger partial charge on any atom is -0.485 e. The molecule has 7 rings (SSSR count). The van der Waals surface area contributed by atoms with Gasteiger partial charge in [0.25, 0.3) is 5.91 Å². The van der Waals surface area contributed by atoms with Gasteiger partial charge in [0, 0.05) is 28.7 Å². The summed E-state index contributed by atoms with van der Waals surface area (Å²) in [6.45, 7) is 3.84. The number of piperidine rings is 1. The van der Waals surface area contributed by atoms with Gasteiger partial charge in [-0.25, -0.2) is 0 Å². The molecule has 2 aromatic carbocycles. The highest BCUT2D eigenvalue weighted by molar-refractivity contribution is 6.31. The smallest absolute Gasteiger partial charge is 0.251 e. The van der Waals surface area contributed by atoms with Gasteiger partial charge < -0.3 is 20.5 Å². The van der Waals surface area contributed by atoms with Crippen LogP contribution in [-0.4, -0.2) is 59.2 Å². The first kappa shape index (κ1) is 23.5. The molecule has 5 atom stereocenters. The van der Waals surface area contributed by atoms with Gasteiger partial charge in [0.1, 0.15) is 11.9 Å². The molecule has 3 aliphatic carbocycles. The summed E-state index contributed by atoms with van der Waals surface area (Å²) in [5.41, 5.74) is 2.67. The van der Waals surface area contributed by atoms with Crippen LogP contribution in [-0.2, 0) is 16.6 Å². The van der Waals surface area contributed by atoms with Gasteiger partial charge in [-0.1, -0.05) is 23.7 Å². The second-order valence-electron chi connectivity index (χ2n) is 11.7. The third-order valence-electron chi connectivity index (χ3n) is 9.75. The van der Waals surface area contributed by atoms with E-state index >= 15 is 0 Å².